The van der Waals surface area contributed by atoms with E-state index in [2.05, 4.69) is 20.6 Å². The molecule has 3 aromatic heterocycles. The molecular weight excluding hydrogens is 718 g/mol. The van der Waals surface area contributed by atoms with Crippen LogP contribution < -0.4 is 10.6 Å². The Morgan fingerprint density at radius 3 is 1.98 bits per heavy atom. The third-order valence-corrected chi connectivity index (χ3v) is 11.3. The van der Waals surface area contributed by atoms with E-state index in [1.807, 2.05) is 62.9 Å². The van der Waals surface area contributed by atoms with Crippen molar-refractivity contribution in [3.63, 3.8) is 0 Å². The van der Waals surface area contributed by atoms with Crippen molar-refractivity contribution in [3.05, 3.63) is 53.4 Å². The van der Waals surface area contributed by atoms with Gasteiger partial charge >= 0.3 is 12.2 Å². The Morgan fingerprint density at radius 2 is 1.39 bits per heavy atom. The Bertz CT molecular complexity index is 2340. The molecule has 16 heteroatoms. The quantitative estimate of drug-likeness (QED) is 0.140. The van der Waals surface area contributed by atoms with Crippen LogP contribution in [0.5, 0.6) is 0 Å². The van der Waals surface area contributed by atoms with Gasteiger partial charge in [-0.05, 0) is 61.1 Å². The molecule has 4 amide bonds. The number of benzene rings is 2. The lowest BCUT2D eigenvalue weighted by Gasteiger charge is -2.30. The molecule has 16 nitrogen and oxygen atoms in total. The molecule has 2 saturated heterocycles. The largest absolute Gasteiger partial charge is 0.453 e. The number of alkyl carbamates (subject to hydrolysis) is 2. The Morgan fingerprint density at radius 1 is 0.786 bits per heavy atom. The molecule has 4 N–H and O–H groups in total. The zero-order valence-corrected chi connectivity index (χ0v) is 32.4. The van der Waals surface area contributed by atoms with Crippen molar-refractivity contribution < 1.29 is 33.1 Å². The van der Waals surface area contributed by atoms with Gasteiger partial charge in [0.1, 0.15) is 29.4 Å². The number of likely N-dealkylation sites (tertiary alicyclic amines) is 2. The molecule has 8 rings (SSSR count). The van der Waals surface area contributed by atoms with Crippen LogP contribution in [0.15, 0.2) is 34.7 Å². The Labute approximate surface area is 323 Å². The van der Waals surface area contributed by atoms with Crippen molar-refractivity contribution in [2.75, 3.05) is 27.3 Å². The first kappa shape index (κ1) is 37.0. The van der Waals surface area contributed by atoms with Crippen LogP contribution >= 0.6 is 0 Å². The molecule has 294 valence electrons. The van der Waals surface area contributed by atoms with Gasteiger partial charge in [0.15, 0.2) is 5.76 Å². The van der Waals surface area contributed by atoms with Crippen molar-refractivity contribution in [1.82, 2.24) is 45.4 Å². The first-order chi connectivity index (χ1) is 26.9. The second kappa shape index (κ2) is 14.6. The Balaban J connectivity index is 1.02. The van der Waals surface area contributed by atoms with Crippen LogP contribution in [0.3, 0.4) is 0 Å². The number of hydrogen-bond donors (Lipinski definition) is 4. The van der Waals surface area contributed by atoms with Gasteiger partial charge in [0.2, 0.25) is 17.7 Å². The summed E-state index contributed by atoms with van der Waals surface area (Å²) in [6.07, 6.45) is 2.40. The number of imidazole rings is 2. The maximum atomic E-state index is 13.7. The molecule has 0 radical (unpaired) electrons. The molecule has 0 spiro atoms. The fourth-order valence-electron chi connectivity index (χ4n) is 8.36. The van der Waals surface area contributed by atoms with Crippen LogP contribution in [-0.2, 0) is 25.5 Å². The summed E-state index contributed by atoms with van der Waals surface area (Å²) < 4.78 is 16.0. The number of rotatable bonds is 9. The molecule has 4 atom stereocenters. The number of oxazole rings is 1. The number of nitrogens with zero attached hydrogens (tertiary/aromatic N) is 5. The van der Waals surface area contributed by atoms with Crippen molar-refractivity contribution in [2.45, 2.75) is 84.0 Å². The smallest absolute Gasteiger partial charge is 0.407 e. The van der Waals surface area contributed by atoms with Gasteiger partial charge < -0.3 is 44.3 Å². The van der Waals surface area contributed by atoms with E-state index >= 15 is 0 Å². The predicted molar refractivity (Wildman–Crippen MR) is 205 cm³/mol. The number of methoxy groups -OCH3 is 2. The number of fused-ring (bicyclic) bond motifs is 6. The zero-order chi connectivity index (χ0) is 39.4. The fraction of sp³-hybridized carbons (Fsp3) is 0.475. The second-order valence-electron chi connectivity index (χ2n) is 15.5. The monoisotopic (exact) mass is 765 g/mol. The lowest BCUT2D eigenvalue weighted by Crippen LogP contribution is -2.51. The van der Waals surface area contributed by atoms with Crippen LogP contribution in [0.25, 0.3) is 44.7 Å². The highest BCUT2D eigenvalue weighted by atomic mass is 16.5. The first-order valence-corrected chi connectivity index (χ1v) is 19.3. The van der Waals surface area contributed by atoms with E-state index in [9.17, 15) is 19.2 Å². The van der Waals surface area contributed by atoms with Gasteiger partial charge in [-0.3, -0.25) is 9.59 Å². The highest BCUT2D eigenvalue weighted by Gasteiger charge is 2.40. The number of ether oxygens (including phenoxy) is 2. The first-order valence-electron chi connectivity index (χ1n) is 19.3. The van der Waals surface area contributed by atoms with E-state index in [0.717, 1.165) is 70.1 Å². The van der Waals surface area contributed by atoms with Crippen LogP contribution in [0, 0.1) is 11.8 Å². The van der Waals surface area contributed by atoms with Gasteiger partial charge in [-0.15, -0.1) is 0 Å². The summed E-state index contributed by atoms with van der Waals surface area (Å²) in [5, 5.41) is 7.35. The molecule has 5 heterocycles. The van der Waals surface area contributed by atoms with Crippen molar-refractivity contribution in [1.29, 1.82) is 0 Å². The van der Waals surface area contributed by atoms with E-state index in [0.29, 0.717) is 42.8 Å². The minimum atomic E-state index is -0.712. The number of carbonyl (C=O) groups is 4. The predicted octanol–water partition coefficient (Wildman–Crippen LogP) is 5.75. The van der Waals surface area contributed by atoms with E-state index < -0.39 is 24.3 Å². The molecule has 2 aromatic carbocycles. The molecule has 0 unspecified atom stereocenters. The maximum absolute atomic E-state index is 13.7. The maximum Gasteiger partial charge on any atom is 0.407 e. The summed E-state index contributed by atoms with van der Waals surface area (Å²) in [5.41, 5.74) is 4.90. The average Bonchev–Trinajstić information content (AvgIpc) is 4.04. The number of nitrogens with one attached hydrogen (secondary N) is 4. The van der Waals surface area contributed by atoms with E-state index in [4.69, 9.17) is 28.8 Å². The highest BCUT2D eigenvalue weighted by Crippen LogP contribution is 2.42. The zero-order valence-electron chi connectivity index (χ0n) is 32.4. The van der Waals surface area contributed by atoms with E-state index in [1.165, 1.54) is 14.2 Å². The van der Waals surface area contributed by atoms with Crippen LogP contribution in [-0.4, -0.2) is 98.1 Å². The number of H-pyrrole nitrogens is 2. The van der Waals surface area contributed by atoms with E-state index in [-0.39, 0.29) is 35.7 Å². The third-order valence-electron chi connectivity index (χ3n) is 11.3. The molecule has 1 aliphatic carbocycles. The SMILES string of the molecule is COC(=O)N[C@H](C(=O)N1CCC[C@H]1c1nc2c([nH]1)-c1oc(-c3ccc4c(ccc5nc([C@@H]6CCCN6C(=O)[C@@H](NC(=O)OC)C(C)C)[nH]c54)c3)nc1C2)C(C)C. The number of amides is 4. The summed E-state index contributed by atoms with van der Waals surface area (Å²) in [6.45, 7) is 8.73. The van der Waals surface area contributed by atoms with Crippen molar-refractivity contribution in [2.24, 2.45) is 11.8 Å². The van der Waals surface area contributed by atoms with E-state index in [1.54, 1.807) is 4.90 Å². The molecule has 5 aromatic rings. The van der Waals surface area contributed by atoms with Gasteiger partial charge in [0.25, 0.3) is 0 Å². The molecule has 2 fully saturated rings. The standard InChI is InChI=1S/C40H47N9O7/c1-19(2)29(46-39(52)54-5)37(50)48-15-7-9-27(48)34-41-24-14-12-21-17-22(11-13-23(21)31(24)44-34)36-43-26-18-25-32(33(26)56-36)45-35(42-25)28-10-8-16-49(28)38(51)30(20(3)4)47-40(53)55-6/h11-14,17,19-20,27-30H,7-10,15-16,18H2,1-6H3,(H,41,44)(H,42,45)(H,46,52)(H,47,53)/t27-,28-,29-,30-/m0/s1. The third kappa shape index (κ3) is 6.49. The van der Waals surface area contributed by atoms with Crippen molar-refractivity contribution >= 4 is 45.8 Å². The number of aromatic amines is 2. The number of carbonyl (C=O) groups excluding carboxylic acids is 4. The van der Waals surface area contributed by atoms with Crippen LogP contribution in [0.4, 0.5) is 9.59 Å². The molecule has 56 heavy (non-hydrogen) atoms. The summed E-state index contributed by atoms with van der Waals surface area (Å²) in [5.74, 6) is 1.99. The Hall–Kier alpha value is -5.93. The number of hydrogen-bond acceptors (Lipinski definition) is 10. The van der Waals surface area contributed by atoms with Gasteiger partial charge in [0.05, 0.1) is 48.7 Å². The van der Waals surface area contributed by atoms with Gasteiger partial charge in [-0.25, -0.2) is 24.5 Å². The fourth-order valence-corrected chi connectivity index (χ4v) is 8.36. The Kier molecular flexibility index (Phi) is 9.66. The molecule has 3 aliphatic rings. The molecule has 0 saturated carbocycles. The highest BCUT2D eigenvalue weighted by molar-refractivity contribution is 6.05. The second-order valence-corrected chi connectivity index (χ2v) is 15.5. The molecule has 2 aliphatic heterocycles. The van der Waals surface area contributed by atoms with Crippen molar-refractivity contribution in [3.8, 4) is 22.9 Å². The van der Waals surface area contributed by atoms with Gasteiger partial charge in [0, 0.05) is 30.5 Å². The summed E-state index contributed by atoms with van der Waals surface area (Å²) in [7, 11) is 2.57. The lowest BCUT2D eigenvalue weighted by atomic mass is 10.0. The summed E-state index contributed by atoms with van der Waals surface area (Å²) in [4.78, 5) is 76.6. The van der Waals surface area contributed by atoms with Gasteiger partial charge in [-0.2, -0.15) is 0 Å². The normalized spacial score (nSPS) is 18.8. The van der Waals surface area contributed by atoms with Gasteiger partial charge in [-0.1, -0.05) is 39.8 Å². The minimum absolute atomic E-state index is 0.123. The lowest BCUT2D eigenvalue weighted by molar-refractivity contribution is -0.136. The topological polar surface area (TPSA) is 201 Å². The number of aromatic nitrogens is 5. The molecular formula is C40H47N9O7. The van der Waals surface area contributed by atoms with Crippen LogP contribution in [0.1, 0.15) is 88.5 Å². The average molecular weight is 766 g/mol. The summed E-state index contributed by atoms with van der Waals surface area (Å²) in [6, 6.07) is 8.13. The molecule has 0 bridgehead atoms. The van der Waals surface area contributed by atoms with Crippen LogP contribution in [0.2, 0.25) is 0 Å². The summed E-state index contributed by atoms with van der Waals surface area (Å²) >= 11 is 0. The minimum Gasteiger partial charge on any atom is -0.453 e.